The van der Waals surface area contributed by atoms with Crippen LogP contribution in [0.4, 0.5) is 5.69 Å². The molecule has 112 valence electrons. The van der Waals surface area contributed by atoms with E-state index in [1.165, 1.54) is 18.9 Å². The monoisotopic (exact) mass is 318 g/mol. The Morgan fingerprint density at radius 1 is 1.35 bits per heavy atom. The summed E-state index contributed by atoms with van der Waals surface area (Å²) in [6, 6.07) is 5.20. The summed E-state index contributed by atoms with van der Waals surface area (Å²) in [5.74, 6) is 0.160. The maximum atomic E-state index is 11.7. The number of amides is 1. The highest BCUT2D eigenvalue weighted by Crippen LogP contribution is 2.30. The molecular formula is C12H18N2O4S2. The minimum atomic E-state index is -3.26. The fourth-order valence-corrected chi connectivity index (χ4v) is 4.17. The van der Waals surface area contributed by atoms with Crippen LogP contribution < -0.4 is 16.2 Å². The molecule has 4 N–H and O–H groups in total. The smallest absolute Gasteiger partial charge is 0.218 e. The molecule has 0 aliphatic rings. The first-order chi connectivity index (χ1) is 9.34. The Kier molecular flexibility index (Phi) is 6.15. The fourth-order valence-electron chi connectivity index (χ4n) is 1.44. The van der Waals surface area contributed by atoms with Gasteiger partial charge < -0.3 is 16.2 Å². The normalized spacial score (nSPS) is 11.2. The van der Waals surface area contributed by atoms with Crippen molar-refractivity contribution in [3.63, 3.8) is 0 Å². The number of ether oxygens (including phenoxy) is 1. The zero-order valence-electron chi connectivity index (χ0n) is 11.2. The highest BCUT2D eigenvalue weighted by atomic mass is 32.2. The van der Waals surface area contributed by atoms with E-state index >= 15 is 0 Å². The van der Waals surface area contributed by atoms with E-state index in [0.29, 0.717) is 17.2 Å². The lowest BCUT2D eigenvalue weighted by molar-refractivity contribution is -0.117. The van der Waals surface area contributed by atoms with E-state index in [2.05, 4.69) is 0 Å². The lowest BCUT2D eigenvalue weighted by Crippen LogP contribution is -2.19. The highest BCUT2D eigenvalue weighted by molar-refractivity contribution is 8.00. The van der Waals surface area contributed by atoms with Gasteiger partial charge in [-0.25, -0.2) is 8.42 Å². The maximum Gasteiger partial charge on any atom is 0.218 e. The van der Waals surface area contributed by atoms with Crippen molar-refractivity contribution in [2.24, 2.45) is 5.73 Å². The SMILES string of the molecule is COc1cc(N)ccc1SCCS(=O)(=O)CCC(N)=O. The molecule has 0 saturated carbocycles. The Bertz CT molecular complexity index is 573. The summed E-state index contributed by atoms with van der Waals surface area (Å²) < 4.78 is 28.5. The second-order valence-corrected chi connectivity index (χ2v) is 7.57. The van der Waals surface area contributed by atoms with E-state index in [9.17, 15) is 13.2 Å². The van der Waals surface area contributed by atoms with Crippen molar-refractivity contribution in [3.8, 4) is 5.75 Å². The minimum absolute atomic E-state index is 0.0154. The van der Waals surface area contributed by atoms with E-state index in [0.717, 1.165) is 4.90 Å². The fraction of sp³-hybridized carbons (Fsp3) is 0.417. The van der Waals surface area contributed by atoms with Gasteiger partial charge in [0, 0.05) is 28.8 Å². The molecule has 0 radical (unpaired) electrons. The minimum Gasteiger partial charge on any atom is -0.496 e. The largest absolute Gasteiger partial charge is 0.496 e. The van der Waals surface area contributed by atoms with Crippen molar-refractivity contribution in [2.75, 3.05) is 30.1 Å². The quantitative estimate of drug-likeness (QED) is 0.538. The number of nitrogens with two attached hydrogens (primary N) is 2. The average molecular weight is 318 g/mol. The summed E-state index contributed by atoms with van der Waals surface area (Å²) in [5.41, 5.74) is 11.2. The van der Waals surface area contributed by atoms with Crippen LogP contribution in [0, 0.1) is 0 Å². The van der Waals surface area contributed by atoms with E-state index < -0.39 is 15.7 Å². The van der Waals surface area contributed by atoms with E-state index in [1.54, 1.807) is 18.2 Å². The zero-order valence-corrected chi connectivity index (χ0v) is 12.8. The van der Waals surface area contributed by atoms with Crippen LogP contribution in [-0.4, -0.2) is 38.7 Å². The molecule has 0 bridgehead atoms. The predicted molar refractivity (Wildman–Crippen MR) is 80.6 cm³/mol. The van der Waals surface area contributed by atoms with Crippen LogP contribution in [-0.2, 0) is 14.6 Å². The molecule has 1 aromatic rings. The number of nitrogen functional groups attached to an aromatic ring is 1. The van der Waals surface area contributed by atoms with Crippen LogP contribution in [0.15, 0.2) is 23.1 Å². The standard InChI is InChI=1S/C12H18N2O4S2/c1-18-10-8-9(13)2-3-11(10)19-5-7-20(16,17)6-4-12(14)15/h2-3,8H,4-7,13H2,1H3,(H2,14,15). The molecule has 0 heterocycles. The molecule has 20 heavy (non-hydrogen) atoms. The molecule has 0 unspecified atom stereocenters. The molecule has 6 nitrogen and oxygen atoms in total. The number of carbonyl (C=O) groups excluding carboxylic acids is 1. The lowest BCUT2D eigenvalue weighted by atomic mass is 10.3. The van der Waals surface area contributed by atoms with Crippen LogP contribution in [0.2, 0.25) is 0 Å². The van der Waals surface area contributed by atoms with E-state index in [1.807, 2.05) is 0 Å². The third kappa shape index (κ3) is 5.70. The molecule has 1 aromatic carbocycles. The van der Waals surface area contributed by atoms with Gasteiger partial charge in [-0.15, -0.1) is 11.8 Å². The number of carbonyl (C=O) groups is 1. The molecule has 0 aliphatic carbocycles. The molecule has 8 heteroatoms. The second-order valence-electron chi connectivity index (χ2n) is 4.13. The number of methoxy groups -OCH3 is 1. The average Bonchev–Trinajstić information content (AvgIpc) is 2.38. The van der Waals surface area contributed by atoms with Crippen LogP contribution >= 0.6 is 11.8 Å². The second kappa shape index (κ2) is 7.39. The van der Waals surface area contributed by atoms with Crippen LogP contribution in [0.1, 0.15) is 6.42 Å². The van der Waals surface area contributed by atoms with Crippen molar-refractivity contribution in [1.29, 1.82) is 0 Å². The first kappa shape index (κ1) is 16.6. The van der Waals surface area contributed by atoms with Gasteiger partial charge in [0.2, 0.25) is 5.91 Å². The Hall–Kier alpha value is -1.41. The molecule has 0 aliphatic heterocycles. The van der Waals surface area contributed by atoms with Gasteiger partial charge in [-0.2, -0.15) is 0 Å². The Morgan fingerprint density at radius 3 is 2.65 bits per heavy atom. The van der Waals surface area contributed by atoms with E-state index in [-0.39, 0.29) is 17.9 Å². The number of thioether (sulfide) groups is 1. The van der Waals surface area contributed by atoms with Gasteiger partial charge in [-0.3, -0.25) is 4.79 Å². The van der Waals surface area contributed by atoms with Gasteiger partial charge in [0.1, 0.15) is 5.75 Å². The summed E-state index contributed by atoms with van der Waals surface area (Å²) in [5, 5.41) is 0. The number of hydrogen-bond acceptors (Lipinski definition) is 6. The van der Waals surface area contributed by atoms with Crippen LogP contribution in [0.3, 0.4) is 0 Å². The number of primary amides is 1. The Balaban J connectivity index is 2.54. The molecule has 0 spiro atoms. The summed E-state index contributed by atoms with van der Waals surface area (Å²) in [6.07, 6.45) is -0.141. The van der Waals surface area contributed by atoms with Crippen molar-refractivity contribution in [2.45, 2.75) is 11.3 Å². The van der Waals surface area contributed by atoms with Crippen molar-refractivity contribution in [1.82, 2.24) is 0 Å². The summed E-state index contributed by atoms with van der Waals surface area (Å²) >= 11 is 1.37. The number of rotatable bonds is 8. The van der Waals surface area contributed by atoms with Crippen molar-refractivity contribution in [3.05, 3.63) is 18.2 Å². The molecule has 0 aromatic heterocycles. The summed E-state index contributed by atoms with van der Waals surface area (Å²) in [6.45, 7) is 0. The van der Waals surface area contributed by atoms with Crippen LogP contribution in [0.25, 0.3) is 0 Å². The number of hydrogen-bond donors (Lipinski definition) is 2. The summed E-state index contributed by atoms with van der Waals surface area (Å²) in [7, 11) is -1.73. The molecule has 1 rings (SSSR count). The Labute approximate surface area is 122 Å². The zero-order chi connectivity index (χ0) is 15.2. The van der Waals surface area contributed by atoms with Crippen LogP contribution in [0.5, 0.6) is 5.75 Å². The van der Waals surface area contributed by atoms with Gasteiger partial charge in [0.25, 0.3) is 0 Å². The number of sulfone groups is 1. The predicted octanol–water partition coefficient (Wildman–Crippen LogP) is 0.660. The summed E-state index contributed by atoms with van der Waals surface area (Å²) in [4.78, 5) is 11.4. The van der Waals surface area contributed by atoms with E-state index in [4.69, 9.17) is 16.2 Å². The molecular weight excluding hydrogens is 300 g/mol. The topological polar surface area (TPSA) is 112 Å². The van der Waals surface area contributed by atoms with Gasteiger partial charge in [-0.1, -0.05) is 0 Å². The van der Waals surface area contributed by atoms with Gasteiger partial charge in [0.15, 0.2) is 9.84 Å². The first-order valence-electron chi connectivity index (χ1n) is 5.89. The van der Waals surface area contributed by atoms with Crippen molar-refractivity contribution >= 4 is 33.2 Å². The van der Waals surface area contributed by atoms with Gasteiger partial charge in [-0.05, 0) is 12.1 Å². The lowest BCUT2D eigenvalue weighted by Gasteiger charge is -2.09. The third-order valence-electron chi connectivity index (χ3n) is 2.50. The number of anilines is 1. The van der Waals surface area contributed by atoms with Crippen molar-refractivity contribution < 1.29 is 17.9 Å². The van der Waals surface area contributed by atoms with Gasteiger partial charge in [0.05, 0.1) is 18.6 Å². The van der Waals surface area contributed by atoms with Gasteiger partial charge >= 0.3 is 0 Å². The molecule has 0 fully saturated rings. The Morgan fingerprint density at radius 2 is 2.05 bits per heavy atom. The third-order valence-corrected chi connectivity index (χ3v) is 5.47. The molecule has 0 atom stereocenters. The molecule has 0 saturated heterocycles. The number of benzene rings is 1. The maximum absolute atomic E-state index is 11.7. The highest BCUT2D eigenvalue weighted by Gasteiger charge is 2.13. The first-order valence-corrected chi connectivity index (χ1v) is 8.70. The molecule has 1 amide bonds.